The number of methoxy groups -OCH3 is 4. The third kappa shape index (κ3) is 9.85. The molecule has 9 heteroatoms. The van der Waals surface area contributed by atoms with Crippen LogP contribution in [0.3, 0.4) is 0 Å². The lowest BCUT2D eigenvalue weighted by molar-refractivity contribution is 0.102. The minimum Gasteiger partial charge on any atom is -0.497 e. The molecule has 0 N–H and O–H groups in total. The van der Waals surface area contributed by atoms with Crippen molar-refractivity contribution in [1.29, 1.82) is 0 Å². The van der Waals surface area contributed by atoms with Gasteiger partial charge >= 0.3 is 0 Å². The standard InChI is InChI=1S/C54H57N4O5/c1-53(2,3)38-35-47(37-48(36-38)58(59)54(4,5)6)57(41-15-11-39(12-16-41)55(43-19-27-49(60-7)28-20-43)44-21-29-50(61-8)30-22-44)42-17-13-40(14-18-42)56(45-23-31-51(62-9)32-24-45)46-25-33-52(63-10)34-26-46/h11-37H,1-10H3. The summed E-state index contributed by atoms with van der Waals surface area (Å²) >= 11 is 0. The van der Waals surface area contributed by atoms with Crippen LogP contribution in [0.2, 0.25) is 0 Å². The molecule has 0 saturated heterocycles. The molecule has 0 saturated carbocycles. The van der Waals surface area contributed by atoms with E-state index in [0.29, 0.717) is 5.69 Å². The summed E-state index contributed by atoms with van der Waals surface area (Å²) in [6.07, 6.45) is 0. The van der Waals surface area contributed by atoms with Gasteiger partial charge in [-0.25, -0.2) is 5.06 Å². The lowest BCUT2D eigenvalue weighted by Crippen LogP contribution is -2.37. The van der Waals surface area contributed by atoms with E-state index >= 15 is 0 Å². The van der Waals surface area contributed by atoms with Gasteiger partial charge in [-0.3, -0.25) is 0 Å². The number of ether oxygens (including phenoxy) is 4. The van der Waals surface area contributed by atoms with Gasteiger partial charge in [0.2, 0.25) is 0 Å². The van der Waals surface area contributed by atoms with Gasteiger partial charge in [-0.05, 0) is 196 Å². The van der Waals surface area contributed by atoms with Crippen LogP contribution in [0, 0.1) is 0 Å². The average molecular weight is 842 g/mol. The Morgan fingerprint density at radius 1 is 0.317 bits per heavy atom. The molecule has 0 aromatic heterocycles. The van der Waals surface area contributed by atoms with Crippen LogP contribution in [-0.4, -0.2) is 34.0 Å². The van der Waals surface area contributed by atoms with Gasteiger partial charge in [-0.15, -0.1) is 0 Å². The van der Waals surface area contributed by atoms with Crippen molar-refractivity contribution in [3.63, 3.8) is 0 Å². The van der Waals surface area contributed by atoms with Crippen molar-refractivity contribution in [3.8, 4) is 23.0 Å². The summed E-state index contributed by atoms with van der Waals surface area (Å²) in [5.41, 5.74) is 9.27. The van der Waals surface area contributed by atoms with Crippen molar-refractivity contribution in [2.75, 3.05) is 48.2 Å². The maximum Gasteiger partial charge on any atom is 0.119 e. The Morgan fingerprint density at radius 3 is 0.762 bits per heavy atom. The third-order valence-electron chi connectivity index (χ3n) is 10.9. The highest BCUT2D eigenvalue weighted by atomic mass is 16.5. The monoisotopic (exact) mass is 841 g/mol. The van der Waals surface area contributed by atoms with E-state index in [1.54, 1.807) is 28.4 Å². The number of hydroxylamine groups is 1. The maximum absolute atomic E-state index is 14.0. The van der Waals surface area contributed by atoms with Crippen molar-refractivity contribution in [3.05, 3.63) is 169 Å². The zero-order valence-corrected chi connectivity index (χ0v) is 37.9. The Bertz CT molecular complexity index is 2330. The van der Waals surface area contributed by atoms with E-state index < -0.39 is 5.54 Å². The molecular weight excluding hydrogens is 785 g/mol. The third-order valence-corrected chi connectivity index (χ3v) is 10.9. The lowest BCUT2D eigenvalue weighted by atomic mass is 9.86. The van der Waals surface area contributed by atoms with Gasteiger partial charge < -0.3 is 33.6 Å². The zero-order valence-electron chi connectivity index (χ0n) is 37.9. The number of hydrogen-bond donors (Lipinski definition) is 0. The highest BCUT2D eigenvalue weighted by Gasteiger charge is 2.27. The van der Waals surface area contributed by atoms with E-state index in [4.69, 9.17) is 18.9 Å². The number of nitrogens with zero attached hydrogens (tertiary/aromatic N) is 4. The number of hydrogen-bond acceptors (Lipinski definition) is 8. The average Bonchev–Trinajstić information content (AvgIpc) is 3.30. The summed E-state index contributed by atoms with van der Waals surface area (Å²) in [6.45, 7) is 12.3. The summed E-state index contributed by atoms with van der Waals surface area (Å²) < 4.78 is 22.0. The second-order valence-electron chi connectivity index (χ2n) is 17.3. The fourth-order valence-electron chi connectivity index (χ4n) is 7.43. The molecule has 1 radical (unpaired) electrons. The molecule has 0 bridgehead atoms. The molecule has 63 heavy (non-hydrogen) atoms. The first-order valence-corrected chi connectivity index (χ1v) is 21.0. The highest BCUT2D eigenvalue weighted by Crippen LogP contribution is 2.44. The molecule has 0 aliphatic carbocycles. The van der Waals surface area contributed by atoms with Crippen LogP contribution in [0.1, 0.15) is 47.1 Å². The minimum absolute atomic E-state index is 0.239. The predicted octanol–water partition coefficient (Wildman–Crippen LogP) is 14.4. The van der Waals surface area contributed by atoms with Crippen LogP contribution in [0.15, 0.2) is 164 Å². The molecule has 0 aliphatic heterocycles. The van der Waals surface area contributed by atoms with Gasteiger partial charge in [-0.1, -0.05) is 26.0 Å². The molecule has 0 amide bonds. The fourth-order valence-corrected chi connectivity index (χ4v) is 7.43. The lowest BCUT2D eigenvalue weighted by Gasteiger charge is -2.33. The first-order valence-electron chi connectivity index (χ1n) is 21.0. The van der Waals surface area contributed by atoms with E-state index in [-0.39, 0.29) is 5.41 Å². The molecule has 0 atom stereocenters. The van der Waals surface area contributed by atoms with E-state index in [0.717, 1.165) is 84.8 Å². The summed E-state index contributed by atoms with van der Waals surface area (Å²) in [6, 6.07) is 55.4. The van der Waals surface area contributed by atoms with Crippen LogP contribution in [0.5, 0.6) is 23.0 Å². The highest BCUT2D eigenvalue weighted by molar-refractivity contribution is 5.84. The molecule has 7 rings (SSSR count). The molecule has 7 aromatic carbocycles. The van der Waals surface area contributed by atoms with Gasteiger partial charge in [0.1, 0.15) is 23.0 Å². The van der Waals surface area contributed by atoms with Crippen molar-refractivity contribution < 1.29 is 24.2 Å². The molecule has 323 valence electrons. The van der Waals surface area contributed by atoms with E-state index in [2.05, 4.69) is 139 Å². The SMILES string of the molecule is COc1ccc(N(c2ccc(OC)cc2)c2ccc(N(c3ccc(N(c4ccc(OC)cc4)c4ccc(OC)cc4)cc3)c3cc(N([O])C(C)(C)C)cc(C(C)(C)C)c3)cc2)cc1. The molecule has 0 aliphatic rings. The Kier molecular flexibility index (Phi) is 12.9. The molecule has 0 fully saturated rings. The van der Waals surface area contributed by atoms with Crippen LogP contribution in [-0.2, 0) is 10.6 Å². The summed E-state index contributed by atoms with van der Waals surface area (Å²) in [7, 11) is 6.68. The fraction of sp³-hybridized carbons (Fsp3) is 0.222. The Hall–Kier alpha value is -7.10. The number of benzene rings is 7. The van der Waals surface area contributed by atoms with Gasteiger partial charge in [0.05, 0.1) is 39.7 Å². The Labute approximate surface area is 372 Å². The quantitative estimate of drug-likeness (QED) is 0.100. The number of anilines is 10. The van der Waals surface area contributed by atoms with Crippen molar-refractivity contribution in [1.82, 2.24) is 0 Å². The smallest absolute Gasteiger partial charge is 0.119 e. The van der Waals surface area contributed by atoms with Gasteiger partial charge in [0, 0.05) is 51.2 Å². The van der Waals surface area contributed by atoms with Crippen LogP contribution < -0.4 is 38.7 Å². The van der Waals surface area contributed by atoms with Gasteiger partial charge in [0.15, 0.2) is 0 Å². The van der Waals surface area contributed by atoms with Crippen molar-refractivity contribution >= 4 is 56.9 Å². The first kappa shape index (κ1) is 44.0. The molecule has 7 aromatic rings. The first-order chi connectivity index (χ1) is 30.2. The normalized spacial score (nSPS) is 11.4. The zero-order chi connectivity index (χ0) is 44.9. The van der Waals surface area contributed by atoms with Crippen LogP contribution in [0.4, 0.5) is 56.9 Å². The minimum atomic E-state index is -0.652. The molecule has 0 unspecified atom stereocenters. The molecule has 0 heterocycles. The summed E-state index contributed by atoms with van der Waals surface area (Å²) in [4.78, 5) is 6.62. The van der Waals surface area contributed by atoms with E-state index in [1.165, 1.54) is 0 Å². The second-order valence-corrected chi connectivity index (χ2v) is 17.3. The van der Waals surface area contributed by atoms with Crippen LogP contribution >= 0.6 is 0 Å². The summed E-state index contributed by atoms with van der Waals surface area (Å²) in [5.74, 6) is 3.12. The second kappa shape index (κ2) is 18.5. The molecular formula is C54H57N4O5. The largest absolute Gasteiger partial charge is 0.497 e. The van der Waals surface area contributed by atoms with Gasteiger partial charge in [0.25, 0.3) is 0 Å². The van der Waals surface area contributed by atoms with Crippen LogP contribution in [0.25, 0.3) is 0 Å². The van der Waals surface area contributed by atoms with Gasteiger partial charge in [-0.2, -0.15) is 0 Å². The molecule has 9 nitrogen and oxygen atoms in total. The predicted molar refractivity (Wildman–Crippen MR) is 258 cm³/mol. The number of rotatable bonds is 14. The van der Waals surface area contributed by atoms with Crippen molar-refractivity contribution in [2.24, 2.45) is 0 Å². The maximum atomic E-state index is 14.0. The topological polar surface area (TPSA) is 69.8 Å². The van der Waals surface area contributed by atoms with E-state index in [9.17, 15) is 5.21 Å². The van der Waals surface area contributed by atoms with Crippen molar-refractivity contribution in [2.45, 2.75) is 52.5 Å². The Balaban J connectivity index is 1.38. The van der Waals surface area contributed by atoms with E-state index in [1.807, 2.05) is 81.4 Å². The summed E-state index contributed by atoms with van der Waals surface area (Å²) in [5, 5.41) is 15.1. The molecule has 0 spiro atoms. The Morgan fingerprint density at radius 2 is 0.540 bits per heavy atom.